The summed E-state index contributed by atoms with van der Waals surface area (Å²) in [6.45, 7) is 7.54. The highest BCUT2D eigenvalue weighted by Crippen LogP contribution is 2.40. The third kappa shape index (κ3) is 5.94. The van der Waals surface area contributed by atoms with Gasteiger partial charge in [-0.2, -0.15) is 0 Å². The summed E-state index contributed by atoms with van der Waals surface area (Å²) < 4.78 is 19.6. The Kier molecular flexibility index (Phi) is 7.89. The molecule has 0 radical (unpaired) electrons. The van der Waals surface area contributed by atoms with Crippen molar-refractivity contribution in [3.63, 3.8) is 0 Å². The van der Waals surface area contributed by atoms with Gasteiger partial charge >= 0.3 is 0 Å². The van der Waals surface area contributed by atoms with Crippen molar-refractivity contribution < 1.29 is 18.8 Å². The zero-order valence-electron chi connectivity index (χ0n) is 22.1. The average molecular weight is 534 g/mol. The lowest BCUT2D eigenvalue weighted by molar-refractivity contribution is -0.111. The lowest BCUT2D eigenvalue weighted by atomic mass is 10.0. The number of amides is 1. The monoisotopic (exact) mass is 533 g/mol. The van der Waals surface area contributed by atoms with Gasteiger partial charge in [0.15, 0.2) is 5.82 Å². The van der Waals surface area contributed by atoms with E-state index in [0.717, 1.165) is 37.4 Å². The van der Waals surface area contributed by atoms with E-state index >= 15 is 0 Å². The second kappa shape index (κ2) is 11.7. The molecule has 2 aromatic carbocycles. The molecule has 5 rings (SSSR count). The largest absolute Gasteiger partial charge is 0.494 e. The molecule has 0 spiro atoms. The van der Waals surface area contributed by atoms with Crippen molar-refractivity contribution in [1.82, 2.24) is 14.9 Å². The quantitative estimate of drug-likeness (QED) is 0.415. The van der Waals surface area contributed by atoms with E-state index in [-0.39, 0.29) is 17.8 Å². The minimum absolute atomic E-state index is 0.179. The van der Waals surface area contributed by atoms with Crippen LogP contribution < -0.4 is 25.3 Å². The van der Waals surface area contributed by atoms with Crippen LogP contribution >= 0.6 is 0 Å². The molecule has 2 N–H and O–H groups in total. The van der Waals surface area contributed by atoms with Crippen molar-refractivity contribution in [2.24, 2.45) is 0 Å². The summed E-state index contributed by atoms with van der Waals surface area (Å²) in [5.41, 5.74) is 2.93. The van der Waals surface area contributed by atoms with Gasteiger partial charge < -0.3 is 25.2 Å². The number of hydrogen-bond acceptors (Lipinski definition) is 9. The van der Waals surface area contributed by atoms with Crippen LogP contribution in [-0.4, -0.2) is 67.7 Å². The van der Waals surface area contributed by atoms with Crippen molar-refractivity contribution in [3.8, 4) is 5.75 Å². The first-order valence-corrected chi connectivity index (χ1v) is 12.8. The van der Waals surface area contributed by atoms with Gasteiger partial charge in [0, 0.05) is 44.7 Å². The average Bonchev–Trinajstić information content (AvgIpc) is 3.44. The Morgan fingerprint density at radius 2 is 1.97 bits per heavy atom. The number of anilines is 5. The lowest BCUT2D eigenvalue weighted by Gasteiger charge is -2.35. The van der Waals surface area contributed by atoms with Crippen molar-refractivity contribution in [2.45, 2.75) is 12.5 Å². The number of hydrogen-bond donors (Lipinski definition) is 2. The maximum atomic E-state index is 13.9. The summed E-state index contributed by atoms with van der Waals surface area (Å²) in [5, 5.41) is 7.91. The van der Waals surface area contributed by atoms with E-state index in [1.807, 2.05) is 18.2 Å². The number of piperazine rings is 1. The number of carbonyl (C=O) groups excluding carboxylic acids is 1. The number of nitrogens with one attached hydrogen (secondary N) is 2. The highest BCUT2D eigenvalue weighted by Gasteiger charge is 2.29. The molecule has 1 atom stereocenters. The van der Waals surface area contributed by atoms with Crippen molar-refractivity contribution in [3.05, 3.63) is 72.8 Å². The van der Waals surface area contributed by atoms with E-state index < -0.39 is 0 Å². The van der Waals surface area contributed by atoms with E-state index in [2.05, 4.69) is 44.0 Å². The van der Waals surface area contributed by atoms with Crippen LogP contribution in [0.3, 0.4) is 0 Å². The molecule has 1 aromatic heterocycles. The fraction of sp³-hybridized carbons (Fsp3) is 0.321. The number of rotatable bonds is 8. The summed E-state index contributed by atoms with van der Waals surface area (Å²) in [6, 6.07) is 11.8. The molecular formula is C28H32FN7O3. The molecule has 1 amide bonds. The summed E-state index contributed by atoms with van der Waals surface area (Å²) in [4.78, 5) is 31.4. The fourth-order valence-electron chi connectivity index (χ4n) is 4.81. The maximum Gasteiger partial charge on any atom is 0.247 e. The van der Waals surface area contributed by atoms with Crippen LogP contribution in [0.2, 0.25) is 0 Å². The second-order valence-electron chi connectivity index (χ2n) is 9.46. The highest BCUT2D eigenvalue weighted by atomic mass is 19.1. The molecular weight excluding hydrogens is 501 g/mol. The highest BCUT2D eigenvalue weighted by molar-refractivity contribution is 6.02. The number of likely N-dealkylation sites (N-methyl/N-ethyl adjacent to an activating group) is 1. The van der Waals surface area contributed by atoms with Crippen LogP contribution in [0.1, 0.15) is 18.0 Å². The third-order valence-electron chi connectivity index (χ3n) is 6.88. The number of aromatic nitrogens is 2. The Morgan fingerprint density at radius 3 is 2.72 bits per heavy atom. The summed E-state index contributed by atoms with van der Waals surface area (Å²) >= 11 is 0. The molecule has 1 unspecified atom stereocenters. The van der Waals surface area contributed by atoms with Gasteiger partial charge in [0.2, 0.25) is 5.91 Å². The molecule has 0 saturated carbocycles. The summed E-state index contributed by atoms with van der Waals surface area (Å²) in [7, 11) is 3.69. The summed E-state index contributed by atoms with van der Waals surface area (Å²) in [6.07, 6.45) is 3.38. The zero-order valence-corrected chi connectivity index (χ0v) is 22.1. The smallest absolute Gasteiger partial charge is 0.247 e. The molecule has 39 heavy (non-hydrogen) atoms. The Balaban J connectivity index is 1.44. The Hall–Kier alpha value is -4.22. The molecule has 3 aromatic rings. The minimum atomic E-state index is -0.305. The topological polar surface area (TPSA) is 95.1 Å². The van der Waals surface area contributed by atoms with Gasteiger partial charge in [-0.05, 0) is 36.9 Å². The first-order chi connectivity index (χ1) is 18.9. The predicted octanol–water partition coefficient (Wildman–Crippen LogP) is 4.13. The van der Waals surface area contributed by atoms with Crippen LogP contribution in [0.4, 0.5) is 33.1 Å². The maximum absolute atomic E-state index is 13.9. The number of halogens is 1. The van der Waals surface area contributed by atoms with E-state index in [1.165, 1.54) is 24.5 Å². The van der Waals surface area contributed by atoms with Crippen molar-refractivity contribution >= 4 is 34.6 Å². The first kappa shape index (κ1) is 26.4. The van der Waals surface area contributed by atoms with E-state index in [1.54, 1.807) is 24.3 Å². The van der Waals surface area contributed by atoms with Crippen LogP contribution in [0, 0.1) is 5.82 Å². The number of methoxy groups -OCH3 is 1. The zero-order chi connectivity index (χ0) is 27.4. The molecule has 0 bridgehead atoms. The van der Waals surface area contributed by atoms with Crippen molar-refractivity contribution in [2.75, 3.05) is 67.5 Å². The number of hydroxylamine groups is 1. The van der Waals surface area contributed by atoms with Gasteiger partial charge in [-0.3, -0.25) is 9.63 Å². The predicted molar refractivity (Wildman–Crippen MR) is 149 cm³/mol. The molecule has 204 valence electrons. The normalized spacial score (nSPS) is 17.7. The van der Waals surface area contributed by atoms with E-state index in [0.29, 0.717) is 41.8 Å². The van der Waals surface area contributed by atoms with E-state index in [9.17, 15) is 9.18 Å². The van der Waals surface area contributed by atoms with Gasteiger partial charge in [-0.25, -0.2) is 19.4 Å². The Bertz CT molecular complexity index is 1350. The molecule has 3 heterocycles. The molecule has 2 saturated heterocycles. The molecule has 2 aliphatic rings. The number of ether oxygens (including phenoxy) is 1. The van der Waals surface area contributed by atoms with Crippen LogP contribution in [-0.2, 0) is 9.63 Å². The standard InChI is InChI=1S/C28H32FN7O3/c1-4-28(37)33-21-15-22(25(38-3)16-24(21)35-11-9-34(2)10-12-35)32-26-17-27(31-18-30-26)36-23(8-13-39-36)19-6-5-7-20(29)14-19/h4-7,14-18,23H,1,8-13H2,2-3H3,(H,33,37)(H,30,31,32). The lowest BCUT2D eigenvalue weighted by Crippen LogP contribution is -2.44. The van der Waals surface area contributed by atoms with Crippen LogP contribution in [0.5, 0.6) is 5.75 Å². The fourth-order valence-corrected chi connectivity index (χ4v) is 4.81. The Morgan fingerprint density at radius 1 is 1.15 bits per heavy atom. The number of carbonyl (C=O) groups is 1. The van der Waals surface area contributed by atoms with E-state index in [4.69, 9.17) is 9.57 Å². The molecule has 11 heteroatoms. The number of benzene rings is 2. The first-order valence-electron chi connectivity index (χ1n) is 12.8. The van der Waals surface area contributed by atoms with Crippen molar-refractivity contribution in [1.29, 1.82) is 0 Å². The SMILES string of the molecule is C=CC(=O)Nc1cc(Nc2cc(N3OCCC3c3cccc(F)c3)ncn2)c(OC)cc1N1CCN(C)CC1. The van der Waals surface area contributed by atoms with Gasteiger partial charge in [0.1, 0.15) is 23.7 Å². The molecule has 0 aliphatic carbocycles. The third-order valence-corrected chi connectivity index (χ3v) is 6.88. The molecule has 10 nitrogen and oxygen atoms in total. The summed E-state index contributed by atoms with van der Waals surface area (Å²) in [5.74, 6) is 1.03. The second-order valence-corrected chi connectivity index (χ2v) is 9.46. The Labute approximate surface area is 227 Å². The van der Waals surface area contributed by atoms with Crippen LogP contribution in [0.25, 0.3) is 0 Å². The van der Waals surface area contributed by atoms with Crippen LogP contribution in [0.15, 0.2) is 61.4 Å². The van der Waals surface area contributed by atoms with Gasteiger partial charge in [-0.1, -0.05) is 18.7 Å². The molecule has 2 aliphatic heterocycles. The van der Waals surface area contributed by atoms with Gasteiger partial charge in [0.25, 0.3) is 0 Å². The van der Waals surface area contributed by atoms with Gasteiger partial charge in [0.05, 0.1) is 36.8 Å². The minimum Gasteiger partial charge on any atom is -0.494 e. The van der Waals surface area contributed by atoms with Gasteiger partial charge in [-0.15, -0.1) is 0 Å². The number of nitrogens with zero attached hydrogens (tertiary/aromatic N) is 5. The molecule has 2 fully saturated rings.